The van der Waals surface area contributed by atoms with Crippen molar-refractivity contribution in [2.45, 2.75) is 41.6 Å². The van der Waals surface area contributed by atoms with Gasteiger partial charge in [-0.15, -0.1) is 0 Å². The van der Waals surface area contributed by atoms with Crippen LogP contribution in [0.2, 0.25) is 0 Å². The summed E-state index contributed by atoms with van der Waals surface area (Å²) >= 11 is 19.1. The predicted octanol–water partition coefficient (Wildman–Crippen LogP) is 7.46. The van der Waals surface area contributed by atoms with Crippen LogP contribution in [0.3, 0.4) is 0 Å². The second-order valence-corrected chi connectivity index (χ2v) is 11.4. The summed E-state index contributed by atoms with van der Waals surface area (Å²) < 4.78 is 0. The van der Waals surface area contributed by atoms with Crippen molar-refractivity contribution in [3.05, 3.63) is 52.5 Å². The van der Waals surface area contributed by atoms with Gasteiger partial charge >= 0.3 is 0 Å². The van der Waals surface area contributed by atoms with E-state index in [-0.39, 0.29) is 0 Å². The van der Waals surface area contributed by atoms with Gasteiger partial charge in [0.1, 0.15) is 0 Å². The first kappa shape index (κ1) is 24.1. The predicted molar refractivity (Wildman–Crippen MR) is 141 cm³/mol. The number of hydrogen-bond donors (Lipinski definition) is 3. The van der Waals surface area contributed by atoms with Gasteiger partial charge in [0.05, 0.1) is 0 Å². The van der Waals surface area contributed by atoms with E-state index in [9.17, 15) is 0 Å². The fraction of sp³-hybridized carbons (Fsp3) is 0.524. The molecule has 0 radical (unpaired) electrons. The summed E-state index contributed by atoms with van der Waals surface area (Å²) in [7, 11) is 0. The maximum Gasteiger partial charge on any atom is 0.0348 e. The van der Waals surface area contributed by atoms with Gasteiger partial charge in [-0.1, -0.05) is 48.5 Å². The summed E-state index contributed by atoms with van der Waals surface area (Å²) in [4.78, 5) is 2.80. The molecule has 0 amide bonds. The van der Waals surface area contributed by atoms with E-state index in [1.807, 2.05) is 35.3 Å². The molecule has 1 aromatic rings. The molecule has 1 aliphatic carbocycles. The molecule has 0 saturated heterocycles. The Kier molecular flexibility index (Phi) is 12.4. The third-order valence-corrected chi connectivity index (χ3v) is 9.95. The Balaban J connectivity index is 1.95. The Bertz CT molecular complexity index is 608. The molecule has 0 nitrogen and oxygen atoms in total. The lowest BCUT2D eigenvalue weighted by atomic mass is 10.0. The van der Waals surface area contributed by atoms with Crippen LogP contribution in [0.1, 0.15) is 37.0 Å². The highest BCUT2D eigenvalue weighted by molar-refractivity contribution is 8.03. The lowest BCUT2D eigenvalue weighted by molar-refractivity contribution is 0.893. The highest BCUT2D eigenvalue weighted by atomic mass is 32.2. The summed E-state index contributed by atoms with van der Waals surface area (Å²) in [5, 5.41) is 1.12. The molecule has 0 bridgehead atoms. The van der Waals surface area contributed by atoms with E-state index in [1.165, 1.54) is 27.4 Å². The fourth-order valence-corrected chi connectivity index (χ4v) is 6.99. The second kappa shape index (κ2) is 13.9. The molecule has 2 rings (SSSR count). The smallest absolute Gasteiger partial charge is 0.0348 e. The normalized spacial score (nSPS) is 16.6. The standard InChI is InChI=1S/C21H30S6/c1-2-20(25-13-11-22)16-3-7-18(8-4-16)27-19-9-5-17(6-10-19)21(15-24)26-14-12-23/h3-5,7-9,20-24H,2,6,10-15H2,1H3/t20?,21-/m0/s1. The Labute approximate surface area is 194 Å². The molecular formula is C21H30S6. The summed E-state index contributed by atoms with van der Waals surface area (Å²) in [5.41, 5.74) is 2.97. The summed E-state index contributed by atoms with van der Waals surface area (Å²) in [6.45, 7) is 2.27. The number of allylic oxidation sites excluding steroid dienone is 3. The largest absolute Gasteiger partial charge is 0.179 e. The van der Waals surface area contributed by atoms with Gasteiger partial charge in [-0.3, -0.25) is 0 Å². The molecule has 0 N–H and O–H groups in total. The molecule has 0 aromatic heterocycles. The van der Waals surface area contributed by atoms with Crippen LogP contribution in [-0.2, 0) is 0 Å². The van der Waals surface area contributed by atoms with Crippen molar-refractivity contribution in [2.75, 3.05) is 28.8 Å². The van der Waals surface area contributed by atoms with Gasteiger partial charge < -0.3 is 0 Å². The van der Waals surface area contributed by atoms with E-state index in [0.29, 0.717) is 10.5 Å². The summed E-state index contributed by atoms with van der Waals surface area (Å²) in [5.74, 6) is 4.99. The van der Waals surface area contributed by atoms with E-state index in [4.69, 9.17) is 0 Å². The zero-order chi connectivity index (χ0) is 19.5. The maximum atomic E-state index is 4.54. The maximum absolute atomic E-state index is 4.54. The Morgan fingerprint density at radius 1 is 0.889 bits per heavy atom. The molecule has 1 aliphatic rings. The Hall–Kier alpha value is 0.800. The van der Waals surface area contributed by atoms with Crippen molar-refractivity contribution in [1.82, 2.24) is 0 Å². The van der Waals surface area contributed by atoms with Crippen molar-refractivity contribution in [2.24, 2.45) is 0 Å². The molecule has 0 heterocycles. The number of benzene rings is 1. The average molecular weight is 475 g/mol. The summed E-state index contributed by atoms with van der Waals surface area (Å²) in [6.07, 6.45) is 8.10. The molecule has 27 heavy (non-hydrogen) atoms. The van der Waals surface area contributed by atoms with E-state index in [1.54, 1.807) is 0 Å². The van der Waals surface area contributed by atoms with Gasteiger partial charge in [0.25, 0.3) is 0 Å². The zero-order valence-corrected chi connectivity index (χ0v) is 21.0. The van der Waals surface area contributed by atoms with Gasteiger partial charge in [-0.2, -0.15) is 61.4 Å². The van der Waals surface area contributed by atoms with E-state index in [2.05, 4.69) is 81.2 Å². The molecule has 0 saturated carbocycles. The van der Waals surface area contributed by atoms with Crippen LogP contribution in [0.25, 0.3) is 0 Å². The van der Waals surface area contributed by atoms with Crippen LogP contribution in [0, 0.1) is 0 Å². The number of rotatable bonds is 12. The molecule has 150 valence electrons. The van der Waals surface area contributed by atoms with E-state index >= 15 is 0 Å². The molecule has 0 fully saturated rings. The molecule has 1 unspecified atom stereocenters. The fourth-order valence-electron chi connectivity index (χ4n) is 3.01. The van der Waals surface area contributed by atoms with Crippen LogP contribution < -0.4 is 0 Å². The van der Waals surface area contributed by atoms with E-state index < -0.39 is 0 Å². The van der Waals surface area contributed by atoms with Gasteiger partial charge in [0.15, 0.2) is 0 Å². The monoisotopic (exact) mass is 474 g/mol. The molecule has 1 aromatic carbocycles. The quantitative estimate of drug-likeness (QED) is 0.269. The number of hydrogen-bond acceptors (Lipinski definition) is 6. The molecule has 6 heteroatoms. The highest BCUT2D eigenvalue weighted by Crippen LogP contribution is 2.38. The Morgan fingerprint density at radius 2 is 1.56 bits per heavy atom. The number of thiol groups is 3. The van der Waals surface area contributed by atoms with Gasteiger partial charge in [-0.05, 0) is 53.4 Å². The minimum Gasteiger partial charge on any atom is -0.179 e. The Morgan fingerprint density at radius 3 is 2.07 bits per heavy atom. The van der Waals surface area contributed by atoms with Crippen LogP contribution in [0.5, 0.6) is 0 Å². The first-order valence-corrected chi connectivity index (χ1v) is 14.3. The third kappa shape index (κ3) is 8.21. The summed E-state index contributed by atoms with van der Waals surface area (Å²) in [6, 6.07) is 9.17. The zero-order valence-electron chi connectivity index (χ0n) is 15.8. The van der Waals surface area contributed by atoms with E-state index in [0.717, 1.165) is 41.6 Å². The van der Waals surface area contributed by atoms with Gasteiger partial charge in [-0.25, -0.2) is 0 Å². The average Bonchev–Trinajstić information content (AvgIpc) is 2.71. The number of thioether (sulfide) groups is 3. The van der Waals surface area contributed by atoms with Crippen LogP contribution >= 0.6 is 73.2 Å². The van der Waals surface area contributed by atoms with Crippen molar-refractivity contribution in [1.29, 1.82) is 0 Å². The lowest BCUT2D eigenvalue weighted by Gasteiger charge is -2.21. The third-order valence-electron chi connectivity index (χ3n) is 4.42. The van der Waals surface area contributed by atoms with Gasteiger partial charge in [0.2, 0.25) is 0 Å². The topological polar surface area (TPSA) is 0 Å². The molecule has 0 aliphatic heterocycles. The van der Waals surface area contributed by atoms with Gasteiger partial charge in [0, 0.05) is 32.7 Å². The van der Waals surface area contributed by atoms with Crippen molar-refractivity contribution >= 4 is 73.2 Å². The minimum atomic E-state index is 0.531. The minimum absolute atomic E-state index is 0.531. The van der Waals surface area contributed by atoms with Crippen LogP contribution in [-0.4, -0.2) is 34.0 Å². The van der Waals surface area contributed by atoms with Crippen molar-refractivity contribution in [3.63, 3.8) is 0 Å². The second-order valence-electron chi connectivity index (χ2n) is 6.30. The first-order chi connectivity index (χ1) is 13.2. The lowest BCUT2D eigenvalue weighted by Crippen LogP contribution is -2.12. The molecule has 0 spiro atoms. The van der Waals surface area contributed by atoms with Crippen LogP contribution in [0.15, 0.2) is 51.8 Å². The molecule has 2 atom stereocenters. The van der Waals surface area contributed by atoms with Crippen LogP contribution in [0.4, 0.5) is 0 Å². The first-order valence-electron chi connectivity index (χ1n) is 9.45. The molecular weight excluding hydrogens is 445 g/mol. The van der Waals surface area contributed by atoms with Crippen molar-refractivity contribution < 1.29 is 0 Å². The highest BCUT2D eigenvalue weighted by Gasteiger charge is 2.16. The SMILES string of the molecule is CCC(SCCS)c1ccc(SC2=CC=C([C@H](CS)SCCS)CC2)cc1. The van der Waals surface area contributed by atoms with Crippen molar-refractivity contribution in [3.8, 4) is 0 Å².